The van der Waals surface area contributed by atoms with E-state index in [-0.39, 0.29) is 17.5 Å². The third kappa shape index (κ3) is 4.75. The summed E-state index contributed by atoms with van der Waals surface area (Å²) in [5.41, 5.74) is 4.85. The average molecular weight is 422 g/mol. The second-order valence-corrected chi connectivity index (χ2v) is 7.81. The molecule has 3 N–H and O–H groups in total. The van der Waals surface area contributed by atoms with Crippen LogP contribution < -0.4 is 21.9 Å². The number of anilines is 2. The zero-order chi connectivity index (χ0) is 21.7. The highest BCUT2D eigenvalue weighted by Crippen LogP contribution is 2.29. The summed E-state index contributed by atoms with van der Waals surface area (Å²) >= 11 is 0. The lowest BCUT2D eigenvalue weighted by Crippen LogP contribution is -2.47. The summed E-state index contributed by atoms with van der Waals surface area (Å²) in [5.74, 6) is -1.16. The van der Waals surface area contributed by atoms with Gasteiger partial charge in [-0.2, -0.15) is 0 Å². The molecule has 2 aliphatic rings. The lowest BCUT2D eigenvalue weighted by Gasteiger charge is -2.29. The maximum absolute atomic E-state index is 13.1. The number of nitrogens with zero attached hydrogens (tertiary/aromatic N) is 2. The number of ether oxygens (including phenoxy) is 2. The van der Waals surface area contributed by atoms with E-state index in [1.807, 2.05) is 6.92 Å². The van der Waals surface area contributed by atoms with Crippen molar-refractivity contribution in [1.29, 1.82) is 0 Å². The number of unbranched alkanes of at least 4 members (excludes halogenated alkanes) is 1. The highest BCUT2D eigenvalue weighted by Gasteiger charge is 2.34. The van der Waals surface area contributed by atoms with Gasteiger partial charge in [0.25, 0.3) is 11.5 Å². The Morgan fingerprint density at radius 3 is 2.60 bits per heavy atom. The number of nitrogen functional groups attached to an aromatic ring is 1. The van der Waals surface area contributed by atoms with Gasteiger partial charge in [-0.15, -0.1) is 0 Å². The van der Waals surface area contributed by atoms with E-state index in [9.17, 15) is 19.2 Å². The Hall–Kier alpha value is -2.62. The molecule has 3 rings (SSSR count). The molecular weight excluding hydrogens is 392 g/mol. The number of carbonyl (C=O) groups is 2. The number of H-pyrrole nitrogens is 1. The quantitative estimate of drug-likeness (QED) is 0.594. The Kier molecular flexibility index (Phi) is 7.30. The smallest absolute Gasteiger partial charge is 0.335 e. The van der Waals surface area contributed by atoms with Gasteiger partial charge in [-0.1, -0.05) is 26.2 Å². The number of carbonyl (C=O) groups excluding carboxylic acids is 2. The van der Waals surface area contributed by atoms with Gasteiger partial charge in [0.05, 0.1) is 0 Å². The van der Waals surface area contributed by atoms with E-state index in [1.54, 1.807) is 0 Å². The molecular formula is C20H30N4O6. The third-order valence-electron chi connectivity index (χ3n) is 5.68. The van der Waals surface area contributed by atoms with E-state index >= 15 is 0 Å². The van der Waals surface area contributed by atoms with Crippen LogP contribution in [-0.2, 0) is 25.6 Å². The van der Waals surface area contributed by atoms with Crippen LogP contribution in [0.2, 0.25) is 0 Å². The van der Waals surface area contributed by atoms with Crippen LogP contribution in [0.3, 0.4) is 0 Å². The molecule has 2 heterocycles. The van der Waals surface area contributed by atoms with Gasteiger partial charge >= 0.3 is 11.7 Å². The first kappa shape index (κ1) is 22.1. The van der Waals surface area contributed by atoms with Crippen molar-refractivity contribution in [2.75, 3.05) is 23.8 Å². The standard InChI is InChI=1S/C20H30N4O6/c1-2-3-10-23-17(21)16(18(26)22-20(23)28)24(13-7-4-5-8-13)15(25)12-30-19(27)14-9-6-11-29-14/h13-14H,2-12,21H2,1H3,(H,22,26,28)/t14-/m0/s1. The van der Waals surface area contributed by atoms with E-state index in [0.717, 1.165) is 25.7 Å². The monoisotopic (exact) mass is 422 g/mol. The number of nitrogens with one attached hydrogen (secondary N) is 1. The van der Waals surface area contributed by atoms with Crippen LogP contribution in [0.1, 0.15) is 58.3 Å². The summed E-state index contributed by atoms with van der Waals surface area (Å²) in [6.07, 6.45) is 5.46. The van der Waals surface area contributed by atoms with Crippen LogP contribution in [0.5, 0.6) is 0 Å². The molecule has 1 aromatic rings. The molecule has 1 saturated heterocycles. The lowest BCUT2D eigenvalue weighted by atomic mass is 10.2. The predicted molar refractivity (Wildman–Crippen MR) is 110 cm³/mol. The van der Waals surface area contributed by atoms with Gasteiger partial charge in [0.2, 0.25) is 0 Å². The number of rotatable bonds is 8. The molecule has 1 aliphatic heterocycles. The first-order valence-corrected chi connectivity index (χ1v) is 10.7. The summed E-state index contributed by atoms with van der Waals surface area (Å²) in [7, 11) is 0. The summed E-state index contributed by atoms with van der Waals surface area (Å²) in [4.78, 5) is 53.7. The minimum Gasteiger partial charge on any atom is -0.454 e. The molecule has 1 aliphatic carbocycles. The maximum Gasteiger partial charge on any atom is 0.335 e. The van der Waals surface area contributed by atoms with Crippen LogP contribution in [0.15, 0.2) is 9.59 Å². The Bertz CT molecular complexity index is 880. The summed E-state index contributed by atoms with van der Waals surface area (Å²) in [6.45, 7) is 2.30. The van der Waals surface area contributed by atoms with Gasteiger partial charge < -0.3 is 15.2 Å². The molecule has 1 saturated carbocycles. The minimum absolute atomic E-state index is 0.0390. The zero-order valence-corrected chi connectivity index (χ0v) is 17.4. The van der Waals surface area contributed by atoms with Crippen molar-refractivity contribution in [3.05, 3.63) is 20.8 Å². The molecule has 2 fully saturated rings. The highest BCUT2D eigenvalue weighted by atomic mass is 16.6. The first-order valence-electron chi connectivity index (χ1n) is 10.7. The van der Waals surface area contributed by atoms with Gasteiger partial charge in [0, 0.05) is 19.2 Å². The number of esters is 1. The largest absolute Gasteiger partial charge is 0.454 e. The number of aromatic nitrogens is 2. The van der Waals surface area contributed by atoms with E-state index in [4.69, 9.17) is 15.2 Å². The zero-order valence-electron chi connectivity index (χ0n) is 17.4. The van der Waals surface area contributed by atoms with E-state index in [0.29, 0.717) is 38.8 Å². The number of amides is 1. The third-order valence-corrected chi connectivity index (χ3v) is 5.68. The number of hydrogen-bond acceptors (Lipinski definition) is 7. The van der Waals surface area contributed by atoms with Gasteiger partial charge in [0.1, 0.15) is 5.82 Å². The minimum atomic E-state index is -0.712. The molecule has 30 heavy (non-hydrogen) atoms. The van der Waals surface area contributed by atoms with Crippen molar-refractivity contribution >= 4 is 23.4 Å². The van der Waals surface area contributed by atoms with E-state index < -0.39 is 35.8 Å². The fraction of sp³-hybridized carbons (Fsp3) is 0.700. The number of hydrogen-bond donors (Lipinski definition) is 2. The summed E-state index contributed by atoms with van der Waals surface area (Å²) < 4.78 is 11.7. The second kappa shape index (κ2) is 9.92. The van der Waals surface area contributed by atoms with Crippen molar-refractivity contribution in [3.63, 3.8) is 0 Å². The van der Waals surface area contributed by atoms with Crippen molar-refractivity contribution in [2.45, 2.75) is 77.0 Å². The molecule has 10 nitrogen and oxygen atoms in total. The molecule has 10 heteroatoms. The lowest BCUT2D eigenvalue weighted by molar-refractivity contribution is -0.157. The van der Waals surface area contributed by atoms with Crippen molar-refractivity contribution in [2.24, 2.45) is 0 Å². The van der Waals surface area contributed by atoms with Crippen LogP contribution in [0, 0.1) is 0 Å². The molecule has 1 aromatic heterocycles. The molecule has 166 valence electrons. The summed E-state index contributed by atoms with van der Waals surface area (Å²) in [5, 5.41) is 0. The SMILES string of the molecule is CCCCn1c(N)c(N(C(=O)COC(=O)[C@@H]2CCCO2)C2CCCC2)c(=O)[nH]c1=O. The molecule has 1 amide bonds. The van der Waals surface area contributed by atoms with Crippen molar-refractivity contribution in [3.8, 4) is 0 Å². The number of nitrogens with two attached hydrogens (primary N) is 1. The molecule has 0 aromatic carbocycles. The molecule has 0 spiro atoms. The molecule has 0 bridgehead atoms. The van der Waals surface area contributed by atoms with Crippen LogP contribution in [0.4, 0.5) is 11.5 Å². The topological polar surface area (TPSA) is 137 Å². The number of aromatic amines is 1. The second-order valence-electron chi connectivity index (χ2n) is 7.81. The fourth-order valence-corrected chi connectivity index (χ4v) is 4.08. The normalized spacial score (nSPS) is 19.2. The van der Waals surface area contributed by atoms with Crippen LogP contribution in [-0.4, -0.2) is 46.8 Å². The Morgan fingerprint density at radius 1 is 1.23 bits per heavy atom. The highest BCUT2D eigenvalue weighted by molar-refractivity contribution is 5.98. The average Bonchev–Trinajstić information content (AvgIpc) is 3.43. The maximum atomic E-state index is 13.1. The molecule has 0 radical (unpaired) electrons. The molecule has 0 unspecified atom stereocenters. The Balaban J connectivity index is 1.88. The van der Waals surface area contributed by atoms with E-state index in [2.05, 4.69) is 4.98 Å². The van der Waals surface area contributed by atoms with Crippen LogP contribution in [0.25, 0.3) is 0 Å². The fourth-order valence-electron chi connectivity index (χ4n) is 4.08. The first-order chi connectivity index (χ1) is 14.4. The van der Waals surface area contributed by atoms with Gasteiger partial charge in [-0.25, -0.2) is 9.59 Å². The van der Waals surface area contributed by atoms with Crippen LogP contribution >= 0.6 is 0 Å². The van der Waals surface area contributed by atoms with Crippen molar-refractivity contribution in [1.82, 2.24) is 9.55 Å². The van der Waals surface area contributed by atoms with Crippen molar-refractivity contribution < 1.29 is 19.1 Å². The van der Waals surface area contributed by atoms with Gasteiger partial charge in [0.15, 0.2) is 18.4 Å². The molecule has 1 atom stereocenters. The predicted octanol–water partition coefficient (Wildman–Crippen LogP) is 0.917. The summed E-state index contributed by atoms with van der Waals surface area (Å²) in [6, 6.07) is -0.237. The van der Waals surface area contributed by atoms with Gasteiger partial charge in [-0.3, -0.25) is 24.0 Å². The van der Waals surface area contributed by atoms with E-state index in [1.165, 1.54) is 9.47 Å². The Labute approximate surface area is 174 Å². The Morgan fingerprint density at radius 2 is 1.97 bits per heavy atom. The van der Waals surface area contributed by atoms with Gasteiger partial charge in [-0.05, 0) is 32.1 Å².